The van der Waals surface area contributed by atoms with Gasteiger partial charge in [0.1, 0.15) is 12.4 Å². The van der Waals surface area contributed by atoms with Gasteiger partial charge in [-0.25, -0.2) is 5.43 Å². The van der Waals surface area contributed by atoms with Crippen molar-refractivity contribution in [3.63, 3.8) is 0 Å². The van der Waals surface area contributed by atoms with Crippen LogP contribution in [0.25, 0.3) is 0 Å². The standard InChI is InChI=1S/C18H18N4O5/c1-2-19-17(23)18(24)21-20-11-14-5-3-4-6-16(14)27-12-13-7-9-15(10-8-13)22(25)26/h3-11H,2,12H2,1H3,(H,19,23)(H,21,24)/b20-11-. The molecule has 2 N–H and O–H groups in total. The number of ether oxygens (including phenoxy) is 1. The zero-order valence-corrected chi connectivity index (χ0v) is 14.5. The molecule has 0 aliphatic heterocycles. The van der Waals surface area contributed by atoms with Gasteiger partial charge in [0.15, 0.2) is 0 Å². The predicted octanol–water partition coefficient (Wildman–Crippen LogP) is 1.76. The number of nitro benzene ring substituents is 1. The lowest BCUT2D eigenvalue weighted by Crippen LogP contribution is -2.37. The summed E-state index contributed by atoms with van der Waals surface area (Å²) >= 11 is 0. The van der Waals surface area contributed by atoms with Crippen LogP contribution in [-0.2, 0) is 16.2 Å². The van der Waals surface area contributed by atoms with Crippen molar-refractivity contribution in [3.8, 4) is 5.75 Å². The monoisotopic (exact) mass is 370 g/mol. The topological polar surface area (TPSA) is 123 Å². The molecule has 27 heavy (non-hydrogen) atoms. The number of para-hydroxylation sites is 1. The number of carbonyl (C=O) groups is 2. The molecule has 0 heterocycles. The highest BCUT2D eigenvalue weighted by Gasteiger charge is 2.10. The lowest BCUT2D eigenvalue weighted by molar-refractivity contribution is -0.384. The van der Waals surface area contributed by atoms with Crippen molar-refractivity contribution in [3.05, 3.63) is 69.8 Å². The normalized spacial score (nSPS) is 10.4. The minimum atomic E-state index is -0.864. The van der Waals surface area contributed by atoms with E-state index in [2.05, 4.69) is 15.8 Å². The molecule has 2 aromatic rings. The van der Waals surface area contributed by atoms with Gasteiger partial charge in [0.2, 0.25) is 0 Å². The van der Waals surface area contributed by atoms with Crippen LogP contribution >= 0.6 is 0 Å². The summed E-state index contributed by atoms with van der Waals surface area (Å²) in [5.74, 6) is -1.12. The van der Waals surface area contributed by atoms with Crippen LogP contribution in [0.3, 0.4) is 0 Å². The highest BCUT2D eigenvalue weighted by molar-refractivity contribution is 6.35. The predicted molar refractivity (Wildman–Crippen MR) is 98.3 cm³/mol. The lowest BCUT2D eigenvalue weighted by Gasteiger charge is -2.09. The van der Waals surface area contributed by atoms with Gasteiger partial charge in [-0.2, -0.15) is 5.10 Å². The number of nitrogens with one attached hydrogen (secondary N) is 2. The Kier molecular flexibility index (Phi) is 7.00. The van der Waals surface area contributed by atoms with Crippen molar-refractivity contribution in [2.24, 2.45) is 5.10 Å². The largest absolute Gasteiger partial charge is 0.488 e. The van der Waals surface area contributed by atoms with E-state index in [-0.39, 0.29) is 12.3 Å². The van der Waals surface area contributed by atoms with Crippen LogP contribution in [0, 0.1) is 10.1 Å². The number of rotatable bonds is 7. The first kappa shape index (κ1) is 19.6. The highest BCUT2D eigenvalue weighted by Crippen LogP contribution is 2.18. The van der Waals surface area contributed by atoms with Gasteiger partial charge in [-0.3, -0.25) is 19.7 Å². The van der Waals surface area contributed by atoms with E-state index in [9.17, 15) is 19.7 Å². The fourth-order valence-electron chi connectivity index (χ4n) is 2.05. The summed E-state index contributed by atoms with van der Waals surface area (Å²) < 4.78 is 5.71. The van der Waals surface area contributed by atoms with Crippen LogP contribution in [0.5, 0.6) is 5.75 Å². The van der Waals surface area contributed by atoms with E-state index in [1.807, 2.05) is 0 Å². The summed E-state index contributed by atoms with van der Waals surface area (Å²) in [5, 5.41) is 16.8. The summed E-state index contributed by atoms with van der Waals surface area (Å²) in [7, 11) is 0. The van der Waals surface area contributed by atoms with Gasteiger partial charge in [-0.1, -0.05) is 12.1 Å². The highest BCUT2D eigenvalue weighted by atomic mass is 16.6. The SMILES string of the molecule is CCNC(=O)C(=O)N/N=C\c1ccccc1OCc1ccc([N+](=O)[O-])cc1. The van der Waals surface area contributed by atoms with Crippen molar-refractivity contribution in [2.45, 2.75) is 13.5 Å². The third-order valence-electron chi connectivity index (χ3n) is 3.37. The first-order valence-electron chi connectivity index (χ1n) is 8.07. The Morgan fingerprint density at radius 1 is 1.15 bits per heavy atom. The summed E-state index contributed by atoms with van der Waals surface area (Å²) in [6, 6.07) is 13.0. The quantitative estimate of drug-likeness (QED) is 0.333. The minimum Gasteiger partial charge on any atom is -0.488 e. The molecule has 0 saturated carbocycles. The fraction of sp³-hybridized carbons (Fsp3) is 0.167. The first-order chi connectivity index (χ1) is 13.0. The molecule has 9 nitrogen and oxygen atoms in total. The zero-order valence-electron chi connectivity index (χ0n) is 14.5. The van der Waals surface area contributed by atoms with Gasteiger partial charge >= 0.3 is 11.8 Å². The number of hydrazone groups is 1. The maximum Gasteiger partial charge on any atom is 0.329 e. The maximum atomic E-state index is 11.5. The molecule has 0 aliphatic carbocycles. The number of carbonyl (C=O) groups excluding carboxylic acids is 2. The summed E-state index contributed by atoms with van der Waals surface area (Å²) in [6.45, 7) is 2.25. The van der Waals surface area contributed by atoms with Crippen molar-refractivity contribution in [1.82, 2.24) is 10.7 Å². The second kappa shape index (κ2) is 9.66. The first-order valence-corrected chi connectivity index (χ1v) is 8.07. The van der Waals surface area contributed by atoms with Crippen LogP contribution in [-0.4, -0.2) is 29.5 Å². The number of amides is 2. The maximum absolute atomic E-state index is 11.5. The van der Waals surface area contributed by atoms with Crippen LogP contribution < -0.4 is 15.5 Å². The van der Waals surface area contributed by atoms with Crippen molar-refractivity contribution >= 4 is 23.7 Å². The Morgan fingerprint density at radius 2 is 1.85 bits per heavy atom. The molecule has 9 heteroatoms. The van der Waals surface area contributed by atoms with Gasteiger partial charge in [-0.05, 0) is 36.8 Å². The Bertz CT molecular complexity index is 849. The van der Waals surface area contributed by atoms with E-state index in [1.54, 1.807) is 43.3 Å². The van der Waals surface area contributed by atoms with E-state index in [0.29, 0.717) is 17.9 Å². The van der Waals surface area contributed by atoms with Gasteiger partial charge < -0.3 is 10.1 Å². The molecule has 0 aromatic heterocycles. The number of non-ortho nitro benzene ring substituents is 1. The number of likely N-dealkylation sites (N-methyl/N-ethyl adjacent to an activating group) is 1. The molecule has 0 atom stereocenters. The smallest absolute Gasteiger partial charge is 0.329 e. The fourth-order valence-corrected chi connectivity index (χ4v) is 2.05. The minimum absolute atomic E-state index is 0.00846. The van der Waals surface area contributed by atoms with Gasteiger partial charge in [0, 0.05) is 24.2 Å². The molecule has 0 spiro atoms. The van der Waals surface area contributed by atoms with Crippen LogP contribution in [0.2, 0.25) is 0 Å². The van der Waals surface area contributed by atoms with E-state index in [0.717, 1.165) is 5.56 Å². The van der Waals surface area contributed by atoms with Crippen molar-refractivity contribution < 1.29 is 19.2 Å². The van der Waals surface area contributed by atoms with E-state index >= 15 is 0 Å². The molecule has 0 radical (unpaired) electrons. The van der Waals surface area contributed by atoms with Gasteiger partial charge in [0.05, 0.1) is 11.1 Å². The summed E-state index contributed by atoms with van der Waals surface area (Å²) in [4.78, 5) is 33.0. The molecule has 0 bridgehead atoms. The molecule has 2 aromatic carbocycles. The second-order valence-electron chi connectivity index (χ2n) is 5.31. The molecule has 0 saturated heterocycles. The van der Waals surface area contributed by atoms with E-state index < -0.39 is 16.7 Å². The molecule has 2 amide bonds. The summed E-state index contributed by atoms with van der Waals surface area (Å²) in [6.07, 6.45) is 1.36. The summed E-state index contributed by atoms with van der Waals surface area (Å²) in [5.41, 5.74) is 3.50. The molecule has 2 rings (SSSR count). The molecule has 0 unspecified atom stereocenters. The van der Waals surface area contributed by atoms with Crippen LogP contribution in [0.15, 0.2) is 53.6 Å². The third kappa shape index (κ3) is 5.92. The van der Waals surface area contributed by atoms with Gasteiger partial charge in [0.25, 0.3) is 5.69 Å². The Morgan fingerprint density at radius 3 is 2.52 bits per heavy atom. The van der Waals surface area contributed by atoms with Crippen molar-refractivity contribution in [2.75, 3.05) is 6.54 Å². The van der Waals surface area contributed by atoms with Gasteiger partial charge in [-0.15, -0.1) is 0 Å². The zero-order chi connectivity index (χ0) is 19.6. The molecule has 140 valence electrons. The lowest BCUT2D eigenvalue weighted by atomic mass is 10.2. The Labute approximate surface area is 155 Å². The number of benzene rings is 2. The molecular formula is C18H18N4O5. The third-order valence-corrected chi connectivity index (χ3v) is 3.37. The van der Waals surface area contributed by atoms with Crippen molar-refractivity contribution in [1.29, 1.82) is 0 Å². The molecule has 0 fully saturated rings. The number of nitrogens with zero attached hydrogens (tertiary/aromatic N) is 2. The van der Waals surface area contributed by atoms with E-state index in [1.165, 1.54) is 18.3 Å². The van der Waals surface area contributed by atoms with Crippen LogP contribution in [0.1, 0.15) is 18.1 Å². The number of nitro groups is 1. The molecule has 0 aliphatic rings. The Hall–Kier alpha value is -3.75. The molecular weight excluding hydrogens is 352 g/mol. The number of hydrogen-bond acceptors (Lipinski definition) is 6. The average Bonchev–Trinajstić information content (AvgIpc) is 2.67. The number of hydrogen-bond donors (Lipinski definition) is 2. The average molecular weight is 370 g/mol. The second-order valence-corrected chi connectivity index (χ2v) is 5.31. The Balaban J connectivity index is 1.98. The van der Waals surface area contributed by atoms with Crippen LogP contribution in [0.4, 0.5) is 5.69 Å². The van der Waals surface area contributed by atoms with E-state index in [4.69, 9.17) is 4.74 Å².